The Morgan fingerprint density at radius 1 is 1.00 bits per heavy atom. The van der Waals surface area contributed by atoms with E-state index in [2.05, 4.69) is 11.6 Å². The summed E-state index contributed by atoms with van der Waals surface area (Å²) in [6, 6.07) is 7.63. The number of anilines is 1. The molecule has 1 aromatic carbocycles. The standard InChI is InChI=1S/C14H23NO2S/c1-3-4-5-6-7-8-13-9-11-14(12-10-13)15-18(2,16)17/h9-12,15H,3-8H2,1-2H3. The van der Waals surface area contributed by atoms with E-state index in [1.165, 1.54) is 37.7 Å². The molecule has 0 bridgehead atoms. The van der Waals surface area contributed by atoms with Crippen molar-refractivity contribution in [3.63, 3.8) is 0 Å². The first kappa shape index (κ1) is 15.0. The Bertz CT molecular complexity index is 437. The number of rotatable bonds is 8. The summed E-state index contributed by atoms with van der Waals surface area (Å²) >= 11 is 0. The van der Waals surface area contributed by atoms with Gasteiger partial charge < -0.3 is 0 Å². The summed E-state index contributed by atoms with van der Waals surface area (Å²) in [6.45, 7) is 2.22. The molecule has 0 radical (unpaired) electrons. The Hall–Kier alpha value is -1.03. The van der Waals surface area contributed by atoms with Crippen molar-refractivity contribution >= 4 is 15.7 Å². The number of aryl methyl sites for hydroxylation is 1. The number of benzene rings is 1. The van der Waals surface area contributed by atoms with Gasteiger partial charge in [0, 0.05) is 5.69 Å². The fourth-order valence-corrected chi connectivity index (χ4v) is 2.45. The molecule has 102 valence electrons. The van der Waals surface area contributed by atoms with E-state index in [4.69, 9.17) is 0 Å². The minimum atomic E-state index is -3.17. The third-order valence-electron chi connectivity index (χ3n) is 2.83. The number of unbranched alkanes of at least 4 members (excludes halogenated alkanes) is 4. The van der Waals surface area contributed by atoms with Crippen molar-refractivity contribution in [2.75, 3.05) is 11.0 Å². The second kappa shape index (κ2) is 7.41. The van der Waals surface area contributed by atoms with Gasteiger partial charge in [-0.25, -0.2) is 8.42 Å². The minimum absolute atomic E-state index is 0.632. The van der Waals surface area contributed by atoms with Gasteiger partial charge in [0.1, 0.15) is 0 Å². The van der Waals surface area contributed by atoms with Gasteiger partial charge in [0.2, 0.25) is 10.0 Å². The van der Waals surface area contributed by atoms with E-state index < -0.39 is 10.0 Å². The number of nitrogens with one attached hydrogen (secondary N) is 1. The van der Waals surface area contributed by atoms with Crippen molar-refractivity contribution in [2.45, 2.75) is 45.4 Å². The molecule has 0 saturated carbocycles. The lowest BCUT2D eigenvalue weighted by Crippen LogP contribution is -2.09. The average Bonchev–Trinajstić information content (AvgIpc) is 2.29. The van der Waals surface area contributed by atoms with Crippen molar-refractivity contribution in [2.24, 2.45) is 0 Å². The van der Waals surface area contributed by atoms with E-state index in [9.17, 15) is 8.42 Å². The van der Waals surface area contributed by atoms with Gasteiger partial charge in [-0.15, -0.1) is 0 Å². The molecule has 3 nitrogen and oxygen atoms in total. The number of sulfonamides is 1. The van der Waals surface area contributed by atoms with E-state index in [1.807, 2.05) is 24.3 Å². The monoisotopic (exact) mass is 269 g/mol. The SMILES string of the molecule is CCCCCCCc1ccc(NS(C)(=O)=O)cc1. The maximum absolute atomic E-state index is 11.0. The second-order valence-electron chi connectivity index (χ2n) is 4.74. The molecule has 1 aromatic rings. The summed E-state index contributed by atoms with van der Waals surface area (Å²) in [5, 5.41) is 0. The molecule has 0 aromatic heterocycles. The van der Waals surface area contributed by atoms with E-state index in [0.29, 0.717) is 5.69 Å². The zero-order valence-electron chi connectivity index (χ0n) is 11.3. The predicted molar refractivity (Wildman–Crippen MR) is 77.4 cm³/mol. The van der Waals surface area contributed by atoms with Gasteiger partial charge in [0.15, 0.2) is 0 Å². The third-order valence-corrected chi connectivity index (χ3v) is 3.43. The predicted octanol–water partition coefficient (Wildman–Crippen LogP) is 3.57. The highest BCUT2D eigenvalue weighted by molar-refractivity contribution is 7.92. The average molecular weight is 269 g/mol. The van der Waals surface area contributed by atoms with Crippen LogP contribution in [0.25, 0.3) is 0 Å². The molecule has 0 spiro atoms. The van der Waals surface area contributed by atoms with Gasteiger partial charge in [-0.1, -0.05) is 44.7 Å². The van der Waals surface area contributed by atoms with E-state index >= 15 is 0 Å². The maximum atomic E-state index is 11.0. The first-order chi connectivity index (χ1) is 8.51. The topological polar surface area (TPSA) is 46.2 Å². The molecule has 0 aliphatic heterocycles. The Labute approximate surface area is 111 Å². The molecule has 0 unspecified atom stereocenters. The van der Waals surface area contributed by atoms with Gasteiger partial charge in [0.25, 0.3) is 0 Å². The van der Waals surface area contributed by atoms with Gasteiger partial charge in [-0.05, 0) is 30.5 Å². The summed E-state index contributed by atoms with van der Waals surface area (Å²) < 4.78 is 24.6. The molecule has 0 atom stereocenters. The second-order valence-corrected chi connectivity index (χ2v) is 6.48. The fourth-order valence-electron chi connectivity index (χ4n) is 1.89. The summed E-state index contributed by atoms with van der Waals surface area (Å²) in [4.78, 5) is 0. The molecule has 0 fully saturated rings. The molecule has 0 aliphatic rings. The molecule has 18 heavy (non-hydrogen) atoms. The van der Waals surface area contributed by atoms with Crippen LogP contribution in [-0.4, -0.2) is 14.7 Å². The molecule has 4 heteroatoms. The maximum Gasteiger partial charge on any atom is 0.229 e. The molecular formula is C14H23NO2S. The van der Waals surface area contributed by atoms with Crippen LogP contribution in [0.15, 0.2) is 24.3 Å². The van der Waals surface area contributed by atoms with Gasteiger partial charge in [0.05, 0.1) is 6.26 Å². The van der Waals surface area contributed by atoms with Crippen LogP contribution in [0.2, 0.25) is 0 Å². The van der Waals surface area contributed by atoms with Gasteiger partial charge in [-0.3, -0.25) is 4.72 Å². The first-order valence-corrected chi connectivity index (χ1v) is 8.47. The zero-order valence-corrected chi connectivity index (χ0v) is 12.1. The van der Waals surface area contributed by atoms with Crippen LogP contribution in [-0.2, 0) is 16.4 Å². The summed E-state index contributed by atoms with van der Waals surface area (Å²) in [6.07, 6.45) is 8.61. The highest BCUT2D eigenvalue weighted by Gasteiger charge is 2.01. The van der Waals surface area contributed by atoms with Crippen molar-refractivity contribution in [1.82, 2.24) is 0 Å². The normalized spacial score (nSPS) is 11.4. The van der Waals surface area contributed by atoms with Crippen LogP contribution in [0.3, 0.4) is 0 Å². The quantitative estimate of drug-likeness (QED) is 0.733. The highest BCUT2D eigenvalue weighted by atomic mass is 32.2. The van der Waals surface area contributed by atoms with E-state index in [0.717, 1.165) is 12.7 Å². The summed E-state index contributed by atoms with van der Waals surface area (Å²) in [5.41, 5.74) is 1.90. The lowest BCUT2D eigenvalue weighted by Gasteiger charge is -2.05. The molecule has 1 N–H and O–H groups in total. The lowest BCUT2D eigenvalue weighted by atomic mass is 10.1. The van der Waals surface area contributed by atoms with Crippen LogP contribution in [0, 0.1) is 0 Å². The Balaban J connectivity index is 2.36. The molecular weight excluding hydrogens is 246 g/mol. The summed E-state index contributed by atoms with van der Waals surface area (Å²) in [5.74, 6) is 0. The van der Waals surface area contributed by atoms with Crippen molar-refractivity contribution in [1.29, 1.82) is 0 Å². The molecule has 1 rings (SSSR count). The third kappa shape index (κ3) is 6.64. The lowest BCUT2D eigenvalue weighted by molar-refractivity contribution is 0.607. The fraction of sp³-hybridized carbons (Fsp3) is 0.571. The van der Waals surface area contributed by atoms with Gasteiger partial charge >= 0.3 is 0 Å². The number of hydrogen-bond donors (Lipinski definition) is 1. The smallest absolute Gasteiger partial charge is 0.229 e. The van der Waals surface area contributed by atoms with Crippen LogP contribution in [0.1, 0.15) is 44.6 Å². The Morgan fingerprint density at radius 3 is 2.17 bits per heavy atom. The van der Waals surface area contributed by atoms with Crippen LogP contribution < -0.4 is 4.72 Å². The molecule has 0 aliphatic carbocycles. The van der Waals surface area contributed by atoms with Gasteiger partial charge in [-0.2, -0.15) is 0 Å². The zero-order chi connectivity index (χ0) is 13.4. The largest absolute Gasteiger partial charge is 0.284 e. The van der Waals surface area contributed by atoms with Crippen molar-refractivity contribution in [3.8, 4) is 0 Å². The minimum Gasteiger partial charge on any atom is -0.284 e. The number of hydrogen-bond acceptors (Lipinski definition) is 2. The summed E-state index contributed by atoms with van der Waals surface area (Å²) in [7, 11) is -3.17. The van der Waals surface area contributed by atoms with Crippen LogP contribution in [0.5, 0.6) is 0 Å². The van der Waals surface area contributed by atoms with E-state index in [-0.39, 0.29) is 0 Å². The van der Waals surface area contributed by atoms with Crippen LogP contribution in [0.4, 0.5) is 5.69 Å². The van der Waals surface area contributed by atoms with Crippen molar-refractivity contribution < 1.29 is 8.42 Å². The van der Waals surface area contributed by atoms with Crippen LogP contribution >= 0.6 is 0 Å². The first-order valence-electron chi connectivity index (χ1n) is 6.58. The Kier molecular flexibility index (Phi) is 6.19. The van der Waals surface area contributed by atoms with E-state index in [1.54, 1.807) is 0 Å². The molecule has 0 amide bonds. The molecule has 0 heterocycles. The Morgan fingerprint density at radius 2 is 1.61 bits per heavy atom. The molecule has 0 saturated heterocycles. The highest BCUT2D eigenvalue weighted by Crippen LogP contribution is 2.13. The van der Waals surface area contributed by atoms with Crippen molar-refractivity contribution in [3.05, 3.63) is 29.8 Å².